The second-order valence-corrected chi connectivity index (χ2v) is 7.27. The van der Waals surface area contributed by atoms with Gasteiger partial charge in [0.15, 0.2) is 0 Å². The SMILES string of the molecule is Cc1c2ccncc2c(C)c2c1c1ccccc1n2CCCCCC(=O)O. The monoisotopic (exact) mass is 360 g/mol. The summed E-state index contributed by atoms with van der Waals surface area (Å²) in [6.07, 6.45) is 6.71. The molecule has 2 aromatic heterocycles. The van der Waals surface area contributed by atoms with Crippen LogP contribution in [-0.2, 0) is 11.3 Å². The van der Waals surface area contributed by atoms with Crippen LogP contribution in [0.4, 0.5) is 0 Å². The third-order valence-corrected chi connectivity index (χ3v) is 5.60. The number of hydrogen-bond donors (Lipinski definition) is 1. The van der Waals surface area contributed by atoms with Crippen LogP contribution >= 0.6 is 0 Å². The van der Waals surface area contributed by atoms with Crippen LogP contribution in [0.5, 0.6) is 0 Å². The van der Waals surface area contributed by atoms with E-state index in [2.05, 4.69) is 53.7 Å². The summed E-state index contributed by atoms with van der Waals surface area (Å²) in [5.41, 5.74) is 5.10. The lowest BCUT2D eigenvalue weighted by Crippen LogP contribution is -2.01. The molecule has 27 heavy (non-hydrogen) atoms. The highest BCUT2D eigenvalue weighted by Gasteiger charge is 2.17. The van der Waals surface area contributed by atoms with Crippen molar-refractivity contribution in [1.29, 1.82) is 0 Å². The van der Waals surface area contributed by atoms with Gasteiger partial charge in [-0.15, -0.1) is 0 Å². The van der Waals surface area contributed by atoms with E-state index < -0.39 is 5.97 Å². The maximum absolute atomic E-state index is 10.7. The molecule has 4 heteroatoms. The number of carboxylic acid groups (broad SMARTS) is 1. The van der Waals surface area contributed by atoms with E-state index in [1.54, 1.807) is 0 Å². The van der Waals surface area contributed by atoms with Crippen LogP contribution in [0.2, 0.25) is 0 Å². The van der Waals surface area contributed by atoms with Crippen LogP contribution in [0, 0.1) is 13.8 Å². The molecule has 0 bridgehead atoms. The maximum Gasteiger partial charge on any atom is 0.303 e. The number of benzene rings is 2. The fourth-order valence-corrected chi connectivity index (χ4v) is 4.31. The number of aryl methyl sites for hydroxylation is 3. The van der Waals surface area contributed by atoms with E-state index >= 15 is 0 Å². The van der Waals surface area contributed by atoms with Gasteiger partial charge in [0.2, 0.25) is 0 Å². The van der Waals surface area contributed by atoms with Gasteiger partial charge in [-0.1, -0.05) is 24.6 Å². The van der Waals surface area contributed by atoms with Crippen molar-refractivity contribution in [3.05, 3.63) is 53.9 Å². The molecule has 2 aromatic carbocycles. The number of rotatable bonds is 6. The first-order valence-electron chi connectivity index (χ1n) is 9.55. The van der Waals surface area contributed by atoms with E-state index in [1.165, 1.54) is 43.7 Å². The summed E-state index contributed by atoms with van der Waals surface area (Å²) in [6.45, 7) is 5.29. The highest BCUT2D eigenvalue weighted by molar-refractivity contribution is 6.16. The normalized spacial score (nSPS) is 11.6. The first-order valence-corrected chi connectivity index (χ1v) is 9.55. The summed E-state index contributed by atoms with van der Waals surface area (Å²) in [6, 6.07) is 10.7. The average Bonchev–Trinajstić information content (AvgIpc) is 3.00. The molecule has 0 amide bonds. The van der Waals surface area contributed by atoms with Gasteiger partial charge in [0.25, 0.3) is 0 Å². The van der Waals surface area contributed by atoms with Crippen molar-refractivity contribution in [2.24, 2.45) is 0 Å². The Bertz CT molecular complexity index is 1160. The number of para-hydroxylation sites is 1. The number of carboxylic acids is 1. The lowest BCUT2D eigenvalue weighted by molar-refractivity contribution is -0.137. The van der Waals surface area contributed by atoms with Gasteiger partial charge in [-0.25, -0.2) is 0 Å². The first kappa shape index (κ1) is 17.5. The highest BCUT2D eigenvalue weighted by Crippen LogP contribution is 2.38. The molecule has 0 saturated heterocycles. The number of nitrogens with zero attached hydrogens (tertiary/aromatic N) is 2. The molecule has 0 aliphatic heterocycles. The molecule has 1 N–H and O–H groups in total. The molecule has 4 aromatic rings. The number of fused-ring (bicyclic) bond motifs is 4. The molecule has 4 rings (SSSR count). The topological polar surface area (TPSA) is 55.1 Å². The van der Waals surface area contributed by atoms with Crippen LogP contribution in [0.25, 0.3) is 32.6 Å². The van der Waals surface area contributed by atoms with Gasteiger partial charge in [-0.05, 0) is 55.3 Å². The number of aliphatic carboxylic acids is 1. The Hall–Kier alpha value is -2.88. The third kappa shape index (κ3) is 2.95. The summed E-state index contributed by atoms with van der Waals surface area (Å²) >= 11 is 0. The molecular weight excluding hydrogens is 336 g/mol. The lowest BCUT2D eigenvalue weighted by atomic mass is 9.97. The molecule has 0 radical (unpaired) electrons. The van der Waals surface area contributed by atoms with Gasteiger partial charge in [-0.3, -0.25) is 9.78 Å². The second-order valence-electron chi connectivity index (χ2n) is 7.27. The molecule has 0 aliphatic rings. The summed E-state index contributed by atoms with van der Waals surface area (Å²) < 4.78 is 2.42. The third-order valence-electron chi connectivity index (χ3n) is 5.60. The standard InChI is InChI=1S/C23H24N2O2/c1-15-17-11-12-24-14-19(17)16(2)23-22(15)18-8-5-6-9-20(18)25(23)13-7-3-4-10-21(26)27/h5-6,8-9,11-12,14H,3-4,7,10,13H2,1-2H3,(H,26,27). The minimum Gasteiger partial charge on any atom is -0.481 e. The molecular formula is C23H24N2O2. The van der Waals surface area contributed by atoms with Crippen LogP contribution < -0.4 is 0 Å². The fourth-order valence-electron chi connectivity index (χ4n) is 4.31. The first-order chi connectivity index (χ1) is 13.1. The number of pyridine rings is 1. The van der Waals surface area contributed by atoms with Crippen LogP contribution in [-0.4, -0.2) is 20.6 Å². The quantitative estimate of drug-likeness (QED) is 0.455. The summed E-state index contributed by atoms with van der Waals surface area (Å²) in [5.74, 6) is -0.711. The van der Waals surface area contributed by atoms with Crippen LogP contribution in [0.1, 0.15) is 36.8 Å². The zero-order valence-electron chi connectivity index (χ0n) is 15.8. The molecule has 0 unspecified atom stereocenters. The van der Waals surface area contributed by atoms with Crippen LogP contribution in [0.3, 0.4) is 0 Å². The van der Waals surface area contributed by atoms with Crippen molar-refractivity contribution < 1.29 is 9.90 Å². The maximum atomic E-state index is 10.7. The predicted molar refractivity (Wildman–Crippen MR) is 110 cm³/mol. The molecule has 4 nitrogen and oxygen atoms in total. The second kappa shape index (κ2) is 7.03. The number of unbranched alkanes of at least 4 members (excludes halogenated alkanes) is 2. The van der Waals surface area contributed by atoms with Gasteiger partial charge in [0.05, 0.1) is 5.52 Å². The number of carbonyl (C=O) groups is 1. The molecule has 0 fully saturated rings. The van der Waals surface area contributed by atoms with Crippen molar-refractivity contribution in [3.63, 3.8) is 0 Å². The Labute approximate surface area is 158 Å². The van der Waals surface area contributed by atoms with E-state index in [4.69, 9.17) is 5.11 Å². The molecule has 0 spiro atoms. The summed E-state index contributed by atoms with van der Waals surface area (Å²) in [4.78, 5) is 15.1. The smallest absolute Gasteiger partial charge is 0.303 e. The van der Waals surface area contributed by atoms with Crippen molar-refractivity contribution in [2.45, 2.75) is 46.1 Å². The minimum absolute atomic E-state index is 0.252. The van der Waals surface area contributed by atoms with Gasteiger partial charge in [0, 0.05) is 47.0 Å². The number of aromatic nitrogens is 2. The average molecular weight is 360 g/mol. The van der Waals surface area contributed by atoms with Crippen molar-refractivity contribution in [3.8, 4) is 0 Å². The Balaban J connectivity index is 1.87. The molecule has 0 saturated carbocycles. The Kier molecular flexibility index (Phi) is 4.56. The predicted octanol–water partition coefficient (Wildman–Crippen LogP) is 5.60. The highest BCUT2D eigenvalue weighted by atomic mass is 16.4. The summed E-state index contributed by atoms with van der Waals surface area (Å²) in [5, 5.41) is 13.9. The van der Waals surface area contributed by atoms with Crippen molar-refractivity contribution >= 4 is 38.5 Å². The van der Waals surface area contributed by atoms with Gasteiger partial charge >= 0.3 is 5.97 Å². The van der Waals surface area contributed by atoms with Gasteiger partial charge in [-0.2, -0.15) is 0 Å². The van der Waals surface area contributed by atoms with Gasteiger partial charge < -0.3 is 9.67 Å². The van der Waals surface area contributed by atoms with Crippen molar-refractivity contribution in [2.75, 3.05) is 0 Å². The fraction of sp³-hybridized carbons (Fsp3) is 0.304. The van der Waals surface area contributed by atoms with E-state index in [-0.39, 0.29) is 6.42 Å². The zero-order chi connectivity index (χ0) is 19.0. The Morgan fingerprint density at radius 1 is 1.00 bits per heavy atom. The molecule has 0 aliphatic carbocycles. The molecule has 0 atom stereocenters. The minimum atomic E-state index is -0.711. The van der Waals surface area contributed by atoms with Crippen LogP contribution in [0.15, 0.2) is 42.7 Å². The van der Waals surface area contributed by atoms with E-state index in [9.17, 15) is 4.79 Å². The van der Waals surface area contributed by atoms with E-state index in [0.717, 1.165) is 25.8 Å². The Morgan fingerprint density at radius 3 is 2.63 bits per heavy atom. The lowest BCUT2D eigenvalue weighted by Gasteiger charge is -2.13. The van der Waals surface area contributed by atoms with E-state index in [1.807, 2.05) is 12.4 Å². The van der Waals surface area contributed by atoms with E-state index in [0.29, 0.717) is 0 Å². The zero-order valence-corrected chi connectivity index (χ0v) is 15.8. The largest absolute Gasteiger partial charge is 0.481 e. The Morgan fingerprint density at radius 2 is 1.81 bits per heavy atom. The van der Waals surface area contributed by atoms with Crippen molar-refractivity contribution in [1.82, 2.24) is 9.55 Å². The van der Waals surface area contributed by atoms with Gasteiger partial charge in [0.1, 0.15) is 0 Å². The molecule has 138 valence electrons. The molecule has 2 heterocycles. The number of hydrogen-bond acceptors (Lipinski definition) is 2. The summed E-state index contributed by atoms with van der Waals surface area (Å²) in [7, 11) is 0.